The number of halogens is 3. The van der Waals surface area contributed by atoms with Crippen LogP contribution in [0.1, 0.15) is 12.5 Å². The van der Waals surface area contributed by atoms with Crippen molar-refractivity contribution in [2.24, 2.45) is 0 Å². The molecule has 0 unspecified atom stereocenters. The molecule has 0 aliphatic heterocycles. The number of para-hydroxylation sites is 1. The van der Waals surface area contributed by atoms with Gasteiger partial charge in [-0.1, -0.05) is 36.0 Å². The van der Waals surface area contributed by atoms with Gasteiger partial charge in [0.05, 0.1) is 24.1 Å². The highest BCUT2D eigenvalue weighted by Crippen LogP contribution is 2.34. The van der Waals surface area contributed by atoms with E-state index in [-0.39, 0.29) is 11.4 Å². The molecule has 10 heteroatoms. The first-order chi connectivity index (χ1) is 14.3. The molecule has 0 atom stereocenters. The van der Waals surface area contributed by atoms with E-state index < -0.39 is 17.6 Å². The molecule has 30 heavy (non-hydrogen) atoms. The average molecular weight is 436 g/mol. The Morgan fingerprint density at radius 1 is 1.17 bits per heavy atom. The van der Waals surface area contributed by atoms with Crippen LogP contribution in [-0.4, -0.2) is 33.5 Å². The lowest BCUT2D eigenvalue weighted by atomic mass is 10.1. The third-order valence-corrected chi connectivity index (χ3v) is 5.17. The molecule has 3 aromatic rings. The standard InChI is InChI=1S/C20H19F3N4O2S/c1-3-27-18(13-7-6-8-14(11-13)29-2)25-26-19(27)30-12-17(28)24-16-10-5-4-9-15(16)20(21,22)23/h4-11H,3,12H2,1-2H3,(H,24,28). The quantitative estimate of drug-likeness (QED) is 0.543. The van der Waals surface area contributed by atoms with Gasteiger partial charge in [0, 0.05) is 12.1 Å². The zero-order valence-electron chi connectivity index (χ0n) is 16.2. The highest BCUT2D eigenvalue weighted by molar-refractivity contribution is 7.99. The lowest BCUT2D eigenvalue weighted by Gasteiger charge is -2.13. The van der Waals surface area contributed by atoms with Crippen LogP contribution in [0.2, 0.25) is 0 Å². The highest BCUT2D eigenvalue weighted by Gasteiger charge is 2.33. The minimum absolute atomic E-state index is 0.109. The number of ether oxygens (including phenoxy) is 1. The molecule has 0 radical (unpaired) electrons. The van der Waals surface area contributed by atoms with Crippen molar-refractivity contribution in [3.05, 3.63) is 54.1 Å². The molecule has 1 amide bonds. The molecule has 0 aliphatic rings. The first-order valence-corrected chi connectivity index (χ1v) is 9.98. The molecule has 2 aromatic carbocycles. The van der Waals surface area contributed by atoms with Crippen molar-refractivity contribution in [2.45, 2.75) is 24.8 Å². The molecular formula is C20H19F3N4O2S. The van der Waals surface area contributed by atoms with Gasteiger partial charge in [-0.2, -0.15) is 13.2 Å². The molecule has 6 nitrogen and oxygen atoms in total. The lowest BCUT2D eigenvalue weighted by molar-refractivity contribution is -0.137. The van der Waals surface area contributed by atoms with E-state index in [0.717, 1.165) is 23.4 Å². The Bertz CT molecular complexity index is 1040. The number of thioether (sulfide) groups is 1. The molecule has 0 spiro atoms. The van der Waals surface area contributed by atoms with Crippen molar-refractivity contribution >= 4 is 23.4 Å². The number of carbonyl (C=O) groups is 1. The number of alkyl halides is 3. The van der Waals surface area contributed by atoms with Crippen LogP contribution in [0.5, 0.6) is 5.75 Å². The van der Waals surface area contributed by atoms with Crippen LogP contribution >= 0.6 is 11.8 Å². The van der Waals surface area contributed by atoms with Crippen LogP contribution in [-0.2, 0) is 17.5 Å². The fraction of sp³-hybridized carbons (Fsp3) is 0.250. The van der Waals surface area contributed by atoms with Crippen LogP contribution in [0.15, 0.2) is 53.7 Å². The zero-order chi connectivity index (χ0) is 21.7. The van der Waals surface area contributed by atoms with Crippen molar-refractivity contribution in [3.63, 3.8) is 0 Å². The smallest absolute Gasteiger partial charge is 0.418 e. The Labute approximate surface area is 175 Å². The summed E-state index contributed by atoms with van der Waals surface area (Å²) in [6.45, 7) is 2.47. The topological polar surface area (TPSA) is 69.0 Å². The van der Waals surface area contributed by atoms with Crippen LogP contribution in [0, 0.1) is 0 Å². The Hall–Kier alpha value is -3.01. The number of hydrogen-bond acceptors (Lipinski definition) is 5. The molecule has 3 rings (SSSR count). The van der Waals surface area contributed by atoms with Crippen LogP contribution in [0.4, 0.5) is 18.9 Å². The van der Waals surface area contributed by atoms with E-state index in [1.165, 1.54) is 18.2 Å². The number of hydrogen-bond donors (Lipinski definition) is 1. The van der Waals surface area contributed by atoms with Crippen LogP contribution < -0.4 is 10.1 Å². The molecule has 0 fully saturated rings. The zero-order valence-corrected chi connectivity index (χ0v) is 17.0. The summed E-state index contributed by atoms with van der Waals surface area (Å²) in [5.41, 5.74) is -0.357. The predicted octanol–water partition coefficient (Wildman–Crippen LogP) is 4.72. The Balaban J connectivity index is 1.72. The van der Waals surface area contributed by atoms with Crippen LogP contribution in [0.3, 0.4) is 0 Å². The first-order valence-electron chi connectivity index (χ1n) is 9.00. The summed E-state index contributed by atoms with van der Waals surface area (Å²) in [5, 5.41) is 11.1. The van der Waals surface area contributed by atoms with Gasteiger partial charge in [0.15, 0.2) is 11.0 Å². The van der Waals surface area contributed by atoms with E-state index in [1.807, 2.05) is 35.8 Å². The van der Waals surface area contributed by atoms with E-state index in [4.69, 9.17) is 4.74 Å². The van der Waals surface area contributed by atoms with Crippen molar-refractivity contribution in [1.82, 2.24) is 14.8 Å². The van der Waals surface area contributed by atoms with Gasteiger partial charge in [0.1, 0.15) is 5.75 Å². The summed E-state index contributed by atoms with van der Waals surface area (Å²) in [4.78, 5) is 12.3. The van der Waals surface area contributed by atoms with E-state index >= 15 is 0 Å². The number of benzene rings is 2. The largest absolute Gasteiger partial charge is 0.497 e. The molecule has 1 heterocycles. The van der Waals surface area contributed by atoms with Gasteiger partial charge in [0.2, 0.25) is 5.91 Å². The number of nitrogens with one attached hydrogen (secondary N) is 1. The van der Waals surface area contributed by atoms with Gasteiger partial charge in [-0.15, -0.1) is 10.2 Å². The fourth-order valence-corrected chi connectivity index (χ4v) is 3.61. The molecule has 1 N–H and O–H groups in total. The fourth-order valence-electron chi connectivity index (χ4n) is 2.81. The SMILES string of the molecule is CCn1c(SCC(=O)Nc2ccccc2C(F)(F)F)nnc1-c1cccc(OC)c1. The lowest BCUT2D eigenvalue weighted by Crippen LogP contribution is -2.18. The number of anilines is 1. The Kier molecular flexibility index (Phi) is 6.66. The number of carbonyl (C=O) groups excluding carboxylic acids is 1. The molecule has 0 saturated heterocycles. The van der Waals surface area contributed by atoms with Gasteiger partial charge in [0.25, 0.3) is 0 Å². The maximum absolute atomic E-state index is 13.1. The summed E-state index contributed by atoms with van der Waals surface area (Å²) >= 11 is 1.10. The summed E-state index contributed by atoms with van der Waals surface area (Å²) in [6, 6.07) is 12.2. The van der Waals surface area contributed by atoms with Crippen molar-refractivity contribution < 1.29 is 22.7 Å². The van der Waals surface area contributed by atoms with Crippen molar-refractivity contribution in [3.8, 4) is 17.1 Å². The van der Waals surface area contributed by atoms with Gasteiger partial charge in [-0.25, -0.2) is 0 Å². The second-order valence-corrected chi connectivity index (χ2v) is 7.11. The molecule has 1 aromatic heterocycles. The molecule has 0 aliphatic carbocycles. The summed E-state index contributed by atoms with van der Waals surface area (Å²) in [6.07, 6.45) is -4.55. The molecular weight excluding hydrogens is 417 g/mol. The van der Waals surface area contributed by atoms with E-state index in [0.29, 0.717) is 23.3 Å². The molecule has 0 bridgehead atoms. The Morgan fingerprint density at radius 2 is 1.93 bits per heavy atom. The number of amides is 1. The number of nitrogens with zero attached hydrogens (tertiary/aromatic N) is 3. The number of aromatic nitrogens is 3. The number of methoxy groups -OCH3 is 1. The van der Waals surface area contributed by atoms with Crippen LogP contribution in [0.25, 0.3) is 11.4 Å². The molecule has 158 valence electrons. The summed E-state index contributed by atoms with van der Waals surface area (Å²) in [7, 11) is 1.57. The Morgan fingerprint density at radius 3 is 2.63 bits per heavy atom. The summed E-state index contributed by atoms with van der Waals surface area (Å²) in [5.74, 6) is 0.615. The normalized spacial score (nSPS) is 11.4. The average Bonchev–Trinajstić information content (AvgIpc) is 3.15. The third-order valence-electron chi connectivity index (χ3n) is 4.20. The van der Waals surface area contributed by atoms with E-state index in [1.54, 1.807) is 7.11 Å². The maximum atomic E-state index is 13.1. The first kappa shape index (κ1) is 21.7. The van der Waals surface area contributed by atoms with Crippen molar-refractivity contribution in [1.29, 1.82) is 0 Å². The molecule has 0 saturated carbocycles. The van der Waals surface area contributed by atoms with E-state index in [2.05, 4.69) is 15.5 Å². The van der Waals surface area contributed by atoms with Gasteiger partial charge < -0.3 is 14.6 Å². The minimum Gasteiger partial charge on any atom is -0.497 e. The minimum atomic E-state index is -4.55. The second-order valence-electron chi connectivity index (χ2n) is 6.16. The maximum Gasteiger partial charge on any atom is 0.418 e. The van der Waals surface area contributed by atoms with Gasteiger partial charge >= 0.3 is 6.18 Å². The van der Waals surface area contributed by atoms with Gasteiger partial charge in [-0.05, 0) is 31.2 Å². The van der Waals surface area contributed by atoms with Gasteiger partial charge in [-0.3, -0.25) is 4.79 Å². The highest BCUT2D eigenvalue weighted by atomic mass is 32.2. The summed E-state index contributed by atoms with van der Waals surface area (Å²) < 4.78 is 46.3. The predicted molar refractivity (Wildman–Crippen MR) is 108 cm³/mol. The second kappa shape index (κ2) is 9.21. The monoisotopic (exact) mass is 436 g/mol. The van der Waals surface area contributed by atoms with E-state index in [9.17, 15) is 18.0 Å². The van der Waals surface area contributed by atoms with Crippen molar-refractivity contribution in [2.75, 3.05) is 18.2 Å². The third kappa shape index (κ3) is 4.93. The number of rotatable bonds is 7.